The van der Waals surface area contributed by atoms with Gasteiger partial charge in [0.25, 0.3) is 0 Å². The third-order valence-electron chi connectivity index (χ3n) is 7.29. The van der Waals surface area contributed by atoms with Crippen LogP contribution in [0.25, 0.3) is 0 Å². The fraction of sp³-hybridized carbons (Fsp3) is 0.333. The minimum absolute atomic E-state index is 0.0474. The molecule has 2 aliphatic rings. The number of phenolic OH excluding ortho intramolecular Hbond substituents is 1. The van der Waals surface area contributed by atoms with Crippen molar-refractivity contribution in [1.29, 1.82) is 0 Å². The highest BCUT2D eigenvalue weighted by atomic mass is 35.5. The zero-order valence-electron chi connectivity index (χ0n) is 22.3. The number of carbonyl (C=O) groups is 1. The van der Waals surface area contributed by atoms with Crippen LogP contribution in [0.3, 0.4) is 0 Å². The SMILES string of the molecule is CCOc1cc(C2Nc3ccccc3N=C3CC(c4cc(OC)c(OC)c(OC)c4)CC(=O)C32)cc(Cl)c1O. The summed E-state index contributed by atoms with van der Waals surface area (Å²) in [6, 6.07) is 14.5. The van der Waals surface area contributed by atoms with E-state index in [1.807, 2.05) is 43.3 Å². The number of para-hydroxylation sites is 2. The van der Waals surface area contributed by atoms with Gasteiger partial charge in [0, 0.05) is 12.1 Å². The molecule has 1 aliphatic carbocycles. The standard InChI is InChI=1S/C30H31ClN2O6/c1-5-39-24-15-18(10-19(31)29(24)35)28-27-22(32-20-8-6-7-9-21(20)33-28)11-16(12-23(27)34)17-13-25(36-2)30(38-4)26(14-17)37-3/h6-10,13-16,27-28,33,35H,5,11-12H2,1-4H3. The lowest BCUT2D eigenvalue weighted by atomic mass is 9.72. The number of rotatable bonds is 7. The summed E-state index contributed by atoms with van der Waals surface area (Å²) in [6.45, 7) is 2.19. The van der Waals surface area contributed by atoms with Crippen molar-refractivity contribution in [3.05, 3.63) is 64.7 Å². The zero-order chi connectivity index (χ0) is 27.7. The van der Waals surface area contributed by atoms with E-state index in [1.165, 1.54) is 0 Å². The molecule has 3 unspecified atom stereocenters. The van der Waals surface area contributed by atoms with Gasteiger partial charge in [0.2, 0.25) is 5.75 Å². The first-order valence-corrected chi connectivity index (χ1v) is 13.2. The van der Waals surface area contributed by atoms with Crippen LogP contribution in [0, 0.1) is 5.92 Å². The van der Waals surface area contributed by atoms with E-state index in [0.29, 0.717) is 36.7 Å². The van der Waals surface area contributed by atoms with E-state index in [2.05, 4.69) is 5.32 Å². The number of nitrogens with zero attached hydrogens (tertiary/aromatic N) is 1. The number of ketones is 1. The molecule has 1 aliphatic heterocycles. The monoisotopic (exact) mass is 550 g/mol. The van der Waals surface area contributed by atoms with E-state index in [1.54, 1.807) is 33.5 Å². The number of ether oxygens (including phenoxy) is 4. The zero-order valence-corrected chi connectivity index (χ0v) is 23.0. The maximum absolute atomic E-state index is 14.0. The normalized spacial score (nSPS) is 20.1. The van der Waals surface area contributed by atoms with Crippen molar-refractivity contribution >= 4 is 34.5 Å². The maximum Gasteiger partial charge on any atom is 0.203 e. The Hall–Kier alpha value is -3.91. The number of phenols is 1. The number of Topliss-reactive ketones (excluding diaryl/α,β-unsaturated/α-hetero) is 1. The minimum atomic E-state index is -0.536. The highest BCUT2D eigenvalue weighted by molar-refractivity contribution is 6.32. The van der Waals surface area contributed by atoms with Crippen LogP contribution in [0.15, 0.2) is 53.5 Å². The molecule has 2 N–H and O–H groups in total. The first-order valence-electron chi connectivity index (χ1n) is 12.8. The lowest BCUT2D eigenvalue weighted by Crippen LogP contribution is -2.38. The molecule has 0 saturated heterocycles. The van der Waals surface area contributed by atoms with Crippen LogP contribution < -0.4 is 24.3 Å². The number of hydrogen-bond donors (Lipinski definition) is 2. The molecule has 3 aromatic carbocycles. The number of aliphatic imine (C=N–C) groups is 1. The van der Waals surface area contributed by atoms with Gasteiger partial charge < -0.3 is 29.4 Å². The van der Waals surface area contributed by atoms with Gasteiger partial charge in [-0.2, -0.15) is 0 Å². The Morgan fingerprint density at radius 1 is 0.974 bits per heavy atom. The van der Waals surface area contributed by atoms with Crippen molar-refractivity contribution in [3.63, 3.8) is 0 Å². The van der Waals surface area contributed by atoms with E-state index in [4.69, 9.17) is 35.5 Å². The summed E-state index contributed by atoms with van der Waals surface area (Å²) < 4.78 is 22.2. The molecule has 1 saturated carbocycles. The van der Waals surface area contributed by atoms with Crippen molar-refractivity contribution in [3.8, 4) is 28.7 Å². The fourth-order valence-corrected chi connectivity index (χ4v) is 5.71. The van der Waals surface area contributed by atoms with Gasteiger partial charge in [0.1, 0.15) is 5.78 Å². The molecular formula is C30H31ClN2O6. The van der Waals surface area contributed by atoms with Crippen molar-refractivity contribution in [1.82, 2.24) is 0 Å². The number of aromatic hydroxyl groups is 1. The molecule has 9 heteroatoms. The summed E-state index contributed by atoms with van der Waals surface area (Å²) in [4.78, 5) is 19.0. The van der Waals surface area contributed by atoms with Gasteiger partial charge in [-0.15, -0.1) is 0 Å². The average Bonchev–Trinajstić information content (AvgIpc) is 3.11. The topological polar surface area (TPSA) is 98.6 Å². The predicted octanol–water partition coefficient (Wildman–Crippen LogP) is 6.47. The largest absolute Gasteiger partial charge is 0.503 e. The highest BCUT2D eigenvalue weighted by Gasteiger charge is 2.42. The summed E-state index contributed by atoms with van der Waals surface area (Å²) in [5.74, 6) is 1.11. The summed E-state index contributed by atoms with van der Waals surface area (Å²) in [7, 11) is 4.71. The van der Waals surface area contributed by atoms with E-state index >= 15 is 0 Å². The molecule has 0 radical (unpaired) electrons. The first kappa shape index (κ1) is 26.7. The number of halogens is 1. The van der Waals surface area contributed by atoms with Crippen molar-refractivity contribution in [2.75, 3.05) is 33.3 Å². The Morgan fingerprint density at radius 3 is 2.33 bits per heavy atom. The average molecular weight is 551 g/mol. The molecule has 1 fully saturated rings. The van der Waals surface area contributed by atoms with Gasteiger partial charge in [-0.05, 0) is 66.8 Å². The number of benzene rings is 3. The van der Waals surface area contributed by atoms with Gasteiger partial charge in [-0.3, -0.25) is 9.79 Å². The Bertz CT molecular complexity index is 1410. The molecule has 204 valence electrons. The molecule has 0 spiro atoms. The van der Waals surface area contributed by atoms with Crippen LogP contribution in [-0.4, -0.2) is 44.5 Å². The summed E-state index contributed by atoms with van der Waals surface area (Å²) in [5.41, 5.74) is 3.98. The molecule has 3 atom stereocenters. The number of anilines is 1. The van der Waals surface area contributed by atoms with Crippen LogP contribution in [0.1, 0.15) is 42.9 Å². The second-order valence-corrected chi connectivity index (χ2v) is 9.94. The Balaban J connectivity index is 1.60. The van der Waals surface area contributed by atoms with Gasteiger partial charge in [0.15, 0.2) is 23.0 Å². The molecule has 0 aromatic heterocycles. The summed E-state index contributed by atoms with van der Waals surface area (Å²) in [6.07, 6.45) is 0.868. The molecule has 1 heterocycles. The number of carbonyl (C=O) groups excluding carboxylic acids is 1. The number of hydrogen-bond acceptors (Lipinski definition) is 8. The van der Waals surface area contributed by atoms with Gasteiger partial charge in [-0.25, -0.2) is 0 Å². The highest BCUT2D eigenvalue weighted by Crippen LogP contribution is 2.48. The Labute approximate surface area is 232 Å². The molecular weight excluding hydrogens is 520 g/mol. The fourth-order valence-electron chi connectivity index (χ4n) is 5.49. The number of methoxy groups -OCH3 is 3. The minimum Gasteiger partial charge on any atom is -0.503 e. The lowest BCUT2D eigenvalue weighted by Gasteiger charge is -2.34. The molecule has 5 rings (SSSR count). The number of nitrogens with one attached hydrogen (secondary N) is 1. The quantitative estimate of drug-likeness (QED) is 0.348. The Morgan fingerprint density at radius 2 is 1.67 bits per heavy atom. The number of fused-ring (bicyclic) bond motifs is 2. The predicted molar refractivity (Wildman–Crippen MR) is 151 cm³/mol. The first-order chi connectivity index (χ1) is 18.9. The van der Waals surface area contributed by atoms with E-state index in [9.17, 15) is 9.90 Å². The smallest absolute Gasteiger partial charge is 0.203 e. The third-order valence-corrected chi connectivity index (χ3v) is 7.58. The molecule has 3 aromatic rings. The molecule has 8 nitrogen and oxygen atoms in total. The second-order valence-electron chi connectivity index (χ2n) is 9.53. The summed E-state index contributed by atoms with van der Waals surface area (Å²) in [5, 5.41) is 14.1. The lowest BCUT2D eigenvalue weighted by molar-refractivity contribution is -0.122. The Kier molecular flexibility index (Phi) is 7.57. The van der Waals surface area contributed by atoms with Gasteiger partial charge in [0.05, 0.1) is 56.3 Å². The van der Waals surface area contributed by atoms with Crippen LogP contribution in [-0.2, 0) is 4.79 Å². The van der Waals surface area contributed by atoms with Crippen molar-refractivity contribution in [2.45, 2.75) is 31.7 Å². The van der Waals surface area contributed by atoms with Crippen LogP contribution in [0.4, 0.5) is 11.4 Å². The molecule has 0 bridgehead atoms. The van der Waals surface area contributed by atoms with Crippen molar-refractivity contribution < 1.29 is 28.8 Å². The van der Waals surface area contributed by atoms with Gasteiger partial charge in [-0.1, -0.05) is 23.7 Å². The van der Waals surface area contributed by atoms with E-state index in [0.717, 1.165) is 28.2 Å². The third kappa shape index (κ3) is 4.96. The van der Waals surface area contributed by atoms with Crippen molar-refractivity contribution in [2.24, 2.45) is 10.9 Å². The molecule has 0 amide bonds. The molecule has 39 heavy (non-hydrogen) atoms. The summed E-state index contributed by atoms with van der Waals surface area (Å²) >= 11 is 6.40. The second kappa shape index (κ2) is 11.1. The van der Waals surface area contributed by atoms with E-state index < -0.39 is 12.0 Å². The van der Waals surface area contributed by atoms with Crippen LogP contribution in [0.5, 0.6) is 28.7 Å². The van der Waals surface area contributed by atoms with E-state index in [-0.39, 0.29) is 28.2 Å². The van der Waals surface area contributed by atoms with Crippen LogP contribution in [0.2, 0.25) is 5.02 Å². The maximum atomic E-state index is 14.0. The van der Waals surface area contributed by atoms with Crippen LogP contribution >= 0.6 is 11.6 Å². The van der Waals surface area contributed by atoms with Gasteiger partial charge >= 0.3 is 0 Å².